The maximum absolute atomic E-state index is 4.31. The van der Waals surface area contributed by atoms with Crippen molar-refractivity contribution < 1.29 is 0 Å². The summed E-state index contributed by atoms with van der Waals surface area (Å²) in [5.41, 5.74) is 1.13. The molecule has 98 valence electrons. The van der Waals surface area contributed by atoms with Crippen LogP contribution in [0.25, 0.3) is 0 Å². The Morgan fingerprint density at radius 2 is 1.83 bits per heavy atom. The van der Waals surface area contributed by atoms with Crippen molar-refractivity contribution in [3.63, 3.8) is 0 Å². The maximum atomic E-state index is 4.31. The first kappa shape index (κ1) is 12.4. The van der Waals surface area contributed by atoms with Gasteiger partial charge in [-0.1, -0.05) is 11.8 Å². The Balaban J connectivity index is 1.37. The normalized spacial score (nSPS) is 19.4. The molecule has 1 aromatic rings. The summed E-state index contributed by atoms with van der Waals surface area (Å²) in [5, 5.41) is 4.65. The molecule has 0 saturated heterocycles. The van der Waals surface area contributed by atoms with Gasteiger partial charge >= 0.3 is 0 Å². The molecular weight excluding hydrogens is 242 g/mol. The van der Waals surface area contributed by atoms with Gasteiger partial charge in [-0.3, -0.25) is 0 Å². The van der Waals surface area contributed by atoms with Crippen LogP contribution in [0.4, 0.5) is 0 Å². The lowest BCUT2D eigenvalue weighted by atomic mass is 10.1. The zero-order valence-corrected chi connectivity index (χ0v) is 11.7. The molecule has 1 heterocycles. The van der Waals surface area contributed by atoms with E-state index < -0.39 is 0 Å². The number of aromatic nitrogens is 2. The molecule has 4 heteroatoms. The Morgan fingerprint density at radius 1 is 1.22 bits per heavy atom. The molecule has 2 aliphatic carbocycles. The smallest absolute Gasteiger partial charge is 0.187 e. The topological polar surface area (TPSA) is 37.8 Å². The van der Waals surface area contributed by atoms with Crippen LogP contribution in [-0.2, 0) is 0 Å². The van der Waals surface area contributed by atoms with Gasteiger partial charge in [0.05, 0.1) is 0 Å². The lowest BCUT2D eigenvalue weighted by Gasteiger charge is -2.17. The number of aryl methyl sites for hydroxylation is 1. The summed E-state index contributed by atoms with van der Waals surface area (Å²) in [7, 11) is 0. The highest BCUT2D eigenvalue weighted by molar-refractivity contribution is 7.99. The van der Waals surface area contributed by atoms with E-state index in [1.165, 1.54) is 25.7 Å². The van der Waals surface area contributed by atoms with Crippen molar-refractivity contribution in [3.05, 3.63) is 18.0 Å². The van der Waals surface area contributed by atoms with E-state index in [0.29, 0.717) is 0 Å². The SMILES string of the molecule is Cc1cnc(SCCNC(C2CC2)C2CC2)nc1. The van der Waals surface area contributed by atoms with Gasteiger partial charge in [0, 0.05) is 30.7 Å². The minimum absolute atomic E-state index is 0.810. The first-order chi connectivity index (χ1) is 8.83. The molecule has 0 atom stereocenters. The van der Waals surface area contributed by atoms with Crippen LogP contribution >= 0.6 is 11.8 Å². The summed E-state index contributed by atoms with van der Waals surface area (Å²) in [6.45, 7) is 3.10. The number of rotatable bonds is 7. The molecule has 3 rings (SSSR count). The average Bonchev–Trinajstić information content (AvgIpc) is 3.25. The Morgan fingerprint density at radius 3 is 2.39 bits per heavy atom. The molecule has 0 spiro atoms. The molecule has 0 amide bonds. The van der Waals surface area contributed by atoms with Crippen molar-refractivity contribution >= 4 is 11.8 Å². The fourth-order valence-electron chi connectivity index (χ4n) is 2.45. The van der Waals surface area contributed by atoms with Gasteiger partial charge in [0.25, 0.3) is 0 Å². The molecule has 0 bridgehead atoms. The van der Waals surface area contributed by atoms with Crippen LogP contribution in [0.1, 0.15) is 31.2 Å². The Hall–Kier alpha value is -0.610. The summed E-state index contributed by atoms with van der Waals surface area (Å²) in [6.07, 6.45) is 9.56. The largest absolute Gasteiger partial charge is 0.313 e. The van der Waals surface area contributed by atoms with Crippen molar-refractivity contribution in [1.29, 1.82) is 0 Å². The highest BCUT2D eigenvalue weighted by Gasteiger charge is 2.40. The van der Waals surface area contributed by atoms with E-state index in [0.717, 1.165) is 40.9 Å². The van der Waals surface area contributed by atoms with Gasteiger partial charge in [0.15, 0.2) is 5.16 Å². The lowest BCUT2D eigenvalue weighted by molar-refractivity contribution is 0.429. The summed E-state index contributed by atoms with van der Waals surface area (Å²) < 4.78 is 0. The third-order valence-corrected chi connectivity index (χ3v) is 4.61. The zero-order chi connectivity index (χ0) is 12.4. The second kappa shape index (κ2) is 5.57. The zero-order valence-electron chi connectivity index (χ0n) is 10.9. The van der Waals surface area contributed by atoms with Crippen LogP contribution in [-0.4, -0.2) is 28.3 Å². The first-order valence-corrected chi connectivity index (χ1v) is 7.96. The molecule has 3 nitrogen and oxygen atoms in total. The monoisotopic (exact) mass is 263 g/mol. The standard InChI is InChI=1S/C14H21N3S/c1-10-8-16-14(17-9-10)18-7-6-15-13(11-2-3-11)12-4-5-12/h8-9,11-13,15H,2-7H2,1H3. The highest BCUT2D eigenvalue weighted by Crippen LogP contribution is 2.44. The predicted molar refractivity (Wildman–Crippen MR) is 74.7 cm³/mol. The molecule has 2 saturated carbocycles. The molecule has 2 fully saturated rings. The minimum atomic E-state index is 0.810. The van der Waals surface area contributed by atoms with Crippen molar-refractivity contribution in [1.82, 2.24) is 15.3 Å². The predicted octanol–water partition coefficient (Wildman–Crippen LogP) is 2.66. The fraction of sp³-hybridized carbons (Fsp3) is 0.714. The number of nitrogens with zero attached hydrogens (tertiary/aromatic N) is 2. The van der Waals surface area contributed by atoms with Gasteiger partial charge < -0.3 is 5.32 Å². The van der Waals surface area contributed by atoms with Crippen molar-refractivity contribution in [2.75, 3.05) is 12.3 Å². The summed E-state index contributed by atoms with van der Waals surface area (Å²) in [5.74, 6) is 3.04. The van der Waals surface area contributed by atoms with Gasteiger partial charge in [-0.15, -0.1) is 0 Å². The Labute approximate surface area is 113 Å². The van der Waals surface area contributed by atoms with Gasteiger partial charge in [0.1, 0.15) is 0 Å². The molecular formula is C14H21N3S. The number of thioether (sulfide) groups is 1. The van der Waals surface area contributed by atoms with Gasteiger partial charge in [-0.05, 0) is 50.0 Å². The summed E-state index contributed by atoms with van der Waals surface area (Å²) >= 11 is 1.75. The van der Waals surface area contributed by atoms with Crippen LogP contribution < -0.4 is 5.32 Å². The van der Waals surface area contributed by atoms with E-state index in [2.05, 4.69) is 15.3 Å². The number of nitrogens with one attached hydrogen (secondary N) is 1. The van der Waals surface area contributed by atoms with Crippen LogP contribution in [0.2, 0.25) is 0 Å². The van der Waals surface area contributed by atoms with E-state index in [1.807, 2.05) is 19.3 Å². The lowest BCUT2D eigenvalue weighted by Crippen LogP contribution is -2.34. The van der Waals surface area contributed by atoms with Crippen LogP contribution in [0.15, 0.2) is 17.6 Å². The minimum Gasteiger partial charge on any atom is -0.313 e. The average molecular weight is 263 g/mol. The molecule has 0 radical (unpaired) electrons. The Kier molecular flexibility index (Phi) is 3.85. The molecule has 1 aromatic heterocycles. The first-order valence-electron chi connectivity index (χ1n) is 6.98. The van der Waals surface area contributed by atoms with Crippen LogP contribution in [0.5, 0.6) is 0 Å². The molecule has 0 unspecified atom stereocenters. The van der Waals surface area contributed by atoms with E-state index in [9.17, 15) is 0 Å². The molecule has 1 N–H and O–H groups in total. The van der Waals surface area contributed by atoms with Crippen molar-refractivity contribution in [3.8, 4) is 0 Å². The second-order valence-electron chi connectivity index (χ2n) is 5.55. The third-order valence-electron chi connectivity index (χ3n) is 3.73. The highest BCUT2D eigenvalue weighted by atomic mass is 32.2. The van der Waals surface area contributed by atoms with E-state index in [-0.39, 0.29) is 0 Å². The third kappa shape index (κ3) is 3.45. The van der Waals surface area contributed by atoms with Crippen molar-refractivity contribution in [2.24, 2.45) is 11.8 Å². The van der Waals surface area contributed by atoms with Gasteiger partial charge in [-0.25, -0.2) is 9.97 Å². The van der Waals surface area contributed by atoms with E-state index >= 15 is 0 Å². The number of hydrogen-bond acceptors (Lipinski definition) is 4. The molecule has 18 heavy (non-hydrogen) atoms. The van der Waals surface area contributed by atoms with Crippen LogP contribution in [0.3, 0.4) is 0 Å². The molecule has 2 aliphatic rings. The summed E-state index contributed by atoms with van der Waals surface area (Å²) in [4.78, 5) is 8.63. The van der Waals surface area contributed by atoms with E-state index in [1.54, 1.807) is 11.8 Å². The number of hydrogen-bond donors (Lipinski definition) is 1. The quantitative estimate of drug-likeness (QED) is 0.466. The fourth-order valence-corrected chi connectivity index (χ4v) is 3.11. The van der Waals surface area contributed by atoms with Crippen LogP contribution in [0, 0.1) is 18.8 Å². The maximum Gasteiger partial charge on any atom is 0.187 e. The molecule has 0 aromatic carbocycles. The van der Waals surface area contributed by atoms with E-state index in [4.69, 9.17) is 0 Å². The van der Waals surface area contributed by atoms with Gasteiger partial charge in [-0.2, -0.15) is 0 Å². The van der Waals surface area contributed by atoms with Crippen molar-refractivity contribution in [2.45, 2.75) is 43.8 Å². The summed E-state index contributed by atoms with van der Waals surface area (Å²) in [6, 6.07) is 0.810. The molecule has 0 aliphatic heterocycles. The Bertz CT molecular complexity index is 373. The second-order valence-corrected chi connectivity index (χ2v) is 6.61. The van der Waals surface area contributed by atoms with Gasteiger partial charge in [0.2, 0.25) is 0 Å².